The van der Waals surface area contributed by atoms with E-state index in [4.69, 9.17) is 4.74 Å². The standard InChI is InChI=1S/C17H29NO2/c1-3-4-13-20-16(19)15(2)18-12-8-11-17(14-18)9-6-5-7-10-17/h5-6,15H,3-4,7-14H2,1-2H3/t15-,17+/m0/s1. The second-order valence-electron chi connectivity index (χ2n) is 6.49. The summed E-state index contributed by atoms with van der Waals surface area (Å²) in [5.74, 6) is -0.0400. The lowest BCUT2D eigenvalue weighted by Crippen LogP contribution is -2.50. The number of nitrogens with zero attached hydrogens (tertiary/aromatic N) is 1. The number of hydrogen-bond acceptors (Lipinski definition) is 3. The van der Waals surface area contributed by atoms with Gasteiger partial charge in [-0.25, -0.2) is 0 Å². The Balaban J connectivity index is 1.87. The van der Waals surface area contributed by atoms with Crippen LogP contribution in [0.25, 0.3) is 0 Å². The van der Waals surface area contributed by atoms with Crippen molar-refractivity contribution in [1.82, 2.24) is 4.90 Å². The van der Waals surface area contributed by atoms with Crippen molar-refractivity contribution in [3.05, 3.63) is 12.2 Å². The van der Waals surface area contributed by atoms with Crippen molar-refractivity contribution in [1.29, 1.82) is 0 Å². The van der Waals surface area contributed by atoms with Crippen molar-refractivity contribution in [3.63, 3.8) is 0 Å². The maximum atomic E-state index is 12.1. The monoisotopic (exact) mass is 279 g/mol. The molecule has 2 rings (SSSR count). The largest absolute Gasteiger partial charge is 0.465 e. The van der Waals surface area contributed by atoms with Crippen LogP contribution < -0.4 is 0 Å². The normalized spacial score (nSPS) is 28.5. The van der Waals surface area contributed by atoms with Crippen LogP contribution in [0.4, 0.5) is 0 Å². The predicted molar refractivity (Wildman–Crippen MR) is 81.6 cm³/mol. The van der Waals surface area contributed by atoms with Gasteiger partial charge in [-0.05, 0) is 57.4 Å². The zero-order valence-electron chi connectivity index (χ0n) is 13.1. The molecule has 0 aromatic carbocycles. The van der Waals surface area contributed by atoms with Crippen LogP contribution in [-0.4, -0.2) is 36.6 Å². The first-order valence-corrected chi connectivity index (χ1v) is 8.22. The average molecular weight is 279 g/mol. The molecule has 2 aliphatic rings. The van der Waals surface area contributed by atoms with Crippen LogP contribution in [0.2, 0.25) is 0 Å². The smallest absolute Gasteiger partial charge is 0.323 e. The molecule has 1 heterocycles. The lowest BCUT2D eigenvalue weighted by Gasteiger charge is -2.45. The molecule has 3 nitrogen and oxygen atoms in total. The van der Waals surface area contributed by atoms with E-state index in [-0.39, 0.29) is 12.0 Å². The summed E-state index contributed by atoms with van der Waals surface area (Å²) >= 11 is 0. The van der Waals surface area contributed by atoms with Crippen molar-refractivity contribution in [2.75, 3.05) is 19.7 Å². The van der Waals surface area contributed by atoms with Gasteiger partial charge in [-0.1, -0.05) is 25.5 Å². The first-order valence-electron chi connectivity index (χ1n) is 8.22. The van der Waals surface area contributed by atoms with E-state index in [1.165, 1.54) is 32.1 Å². The molecule has 0 radical (unpaired) electrons. The highest BCUT2D eigenvalue weighted by Crippen LogP contribution is 2.41. The van der Waals surface area contributed by atoms with E-state index in [2.05, 4.69) is 24.0 Å². The Morgan fingerprint density at radius 2 is 2.25 bits per heavy atom. The Kier molecular flexibility index (Phi) is 5.64. The number of carbonyl (C=O) groups is 1. The van der Waals surface area contributed by atoms with Gasteiger partial charge in [0.1, 0.15) is 6.04 Å². The summed E-state index contributed by atoms with van der Waals surface area (Å²) in [7, 11) is 0. The van der Waals surface area contributed by atoms with Gasteiger partial charge in [0.15, 0.2) is 0 Å². The predicted octanol–water partition coefficient (Wildman–Crippen LogP) is 3.54. The second kappa shape index (κ2) is 7.26. The molecule has 2 atom stereocenters. The molecule has 1 aliphatic heterocycles. The van der Waals surface area contributed by atoms with Gasteiger partial charge in [0, 0.05) is 6.54 Å². The van der Waals surface area contributed by atoms with E-state index in [1.54, 1.807) is 0 Å². The molecular formula is C17H29NO2. The lowest BCUT2D eigenvalue weighted by atomic mass is 9.71. The van der Waals surface area contributed by atoms with Crippen LogP contribution in [0.1, 0.15) is 58.8 Å². The van der Waals surface area contributed by atoms with Gasteiger partial charge in [-0.3, -0.25) is 9.69 Å². The Morgan fingerprint density at radius 1 is 1.40 bits per heavy atom. The maximum Gasteiger partial charge on any atom is 0.323 e. The minimum atomic E-state index is -0.0880. The molecular weight excluding hydrogens is 250 g/mol. The van der Waals surface area contributed by atoms with E-state index in [1.807, 2.05) is 6.92 Å². The fourth-order valence-corrected chi connectivity index (χ4v) is 3.48. The van der Waals surface area contributed by atoms with Crippen LogP contribution in [0.3, 0.4) is 0 Å². The summed E-state index contributed by atoms with van der Waals surface area (Å²) < 4.78 is 5.38. The molecule has 0 aromatic rings. The molecule has 0 unspecified atom stereocenters. The highest BCUT2D eigenvalue weighted by molar-refractivity contribution is 5.75. The highest BCUT2D eigenvalue weighted by Gasteiger charge is 2.38. The number of hydrogen-bond donors (Lipinski definition) is 0. The van der Waals surface area contributed by atoms with Gasteiger partial charge >= 0.3 is 5.97 Å². The second-order valence-corrected chi connectivity index (χ2v) is 6.49. The lowest BCUT2D eigenvalue weighted by molar-refractivity contribution is -0.151. The maximum absolute atomic E-state index is 12.1. The van der Waals surface area contributed by atoms with E-state index >= 15 is 0 Å². The molecule has 114 valence electrons. The third-order valence-corrected chi connectivity index (χ3v) is 4.88. The molecule has 0 aromatic heterocycles. The molecule has 0 amide bonds. The quantitative estimate of drug-likeness (QED) is 0.438. The van der Waals surface area contributed by atoms with Crippen LogP contribution in [-0.2, 0) is 9.53 Å². The summed E-state index contributed by atoms with van der Waals surface area (Å²) in [5.41, 5.74) is 0.422. The number of unbranched alkanes of at least 4 members (excludes halogenated alkanes) is 1. The van der Waals surface area contributed by atoms with Gasteiger partial charge in [0.2, 0.25) is 0 Å². The molecule has 0 bridgehead atoms. The zero-order chi connectivity index (χ0) is 14.4. The summed E-state index contributed by atoms with van der Waals surface area (Å²) in [6, 6.07) is -0.0880. The Hall–Kier alpha value is -0.830. The van der Waals surface area contributed by atoms with Gasteiger partial charge in [-0.2, -0.15) is 0 Å². The van der Waals surface area contributed by atoms with E-state index in [9.17, 15) is 4.79 Å². The molecule has 1 spiro atoms. The SMILES string of the molecule is CCCCOC(=O)[C@H](C)N1CCC[C@]2(CC=CCC2)C1. The molecule has 1 fully saturated rings. The topological polar surface area (TPSA) is 29.5 Å². The Bertz CT molecular complexity index is 353. The fourth-order valence-electron chi connectivity index (χ4n) is 3.48. The number of rotatable bonds is 5. The molecule has 0 saturated carbocycles. The average Bonchev–Trinajstić information content (AvgIpc) is 2.47. The number of esters is 1. The van der Waals surface area contributed by atoms with Gasteiger partial charge in [0.05, 0.1) is 6.61 Å². The summed E-state index contributed by atoms with van der Waals surface area (Å²) in [6.07, 6.45) is 12.8. The number of ether oxygens (including phenoxy) is 1. The van der Waals surface area contributed by atoms with Crippen LogP contribution in [0.15, 0.2) is 12.2 Å². The molecule has 3 heteroatoms. The third kappa shape index (κ3) is 3.85. The Labute approximate surface area is 123 Å². The highest BCUT2D eigenvalue weighted by atomic mass is 16.5. The minimum Gasteiger partial charge on any atom is -0.465 e. The van der Waals surface area contributed by atoms with Gasteiger partial charge < -0.3 is 4.74 Å². The van der Waals surface area contributed by atoms with E-state index in [0.717, 1.165) is 25.9 Å². The van der Waals surface area contributed by atoms with Crippen molar-refractivity contribution in [2.45, 2.75) is 64.8 Å². The zero-order valence-corrected chi connectivity index (χ0v) is 13.1. The van der Waals surface area contributed by atoms with Crippen molar-refractivity contribution in [3.8, 4) is 0 Å². The third-order valence-electron chi connectivity index (χ3n) is 4.88. The molecule has 1 aliphatic carbocycles. The van der Waals surface area contributed by atoms with Crippen LogP contribution in [0, 0.1) is 5.41 Å². The minimum absolute atomic E-state index is 0.0400. The number of allylic oxidation sites excluding steroid dienone is 2. The van der Waals surface area contributed by atoms with E-state index < -0.39 is 0 Å². The number of carbonyl (C=O) groups excluding carboxylic acids is 1. The van der Waals surface area contributed by atoms with Gasteiger partial charge in [-0.15, -0.1) is 0 Å². The first-order chi connectivity index (χ1) is 9.67. The van der Waals surface area contributed by atoms with Crippen LogP contribution >= 0.6 is 0 Å². The fraction of sp³-hybridized carbons (Fsp3) is 0.824. The van der Waals surface area contributed by atoms with Crippen molar-refractivity contribution >= 4 is 5.97 Å². The molecule has 20 heavy (non-hydrogen) atoms. The summed E-state index contributed by atoms with van der Waals surface area (Å²) in [4.78, 5) is 14.5. The summed E-state index contributed by atoms with van der Waals surface area (Å²) in [6.45, 7) is 6.78. The van der Waals surface area contributed by atoms with Crippen molar-refractivity contribution < 1.29 is 9.53 Å². The molecule has 0 N–H and O–H groups in total. The number of piperidine rings is 1. The number of likely N-dealkylation sites (tertiary alicyclic amines) is 1. The van der Waals surface area contributed by atoms with E-state index in [0.29, 0.717) is 12.0 Å². The van der Waals surface area contributed by atoms with Gasteiger partial charge in [0.25, 0.3) is 0 Å². The summed E-state index contributed by atoms with van der Waals surface area (Å²) in [5, 5.41) is 0. The molecule has 1 saturated heterocycles. The Morgan fingerprint density at radius 3 is 2.95 bits per heavy atom. The first kappa shape index (κ1) is 15.6. The van der Waals surface area contributed by atoms with Crippen molar-refractivity contribution in [2.24, 2.45) is 5.41 Å². The van der Waals surface area contributed by atoms with Crippen LogP contribution in [0.5, 0.6) is 0 Å².